The van der Waals surface area contributed by atoms with Crippen LogP contribution in [0.4, 0.5) is 0 Å². The monoisotopic (exact) mass is 259 g/mol. The molecule has 0 saturated heterocycles. The van der Waals surface area contributed by atoms with Gasteiger partial charge in [0.2, 0.25) is 0 Å². The third-order valence-corrected chi connectivity index (χ3v) is 3.15. The maximum Gasteiger partial charge on any atom is 0.348 e. The van der Waals surface area contributed by atoms with E-state index < -0.39 is 5.63 Å². The maximum atomic E-state index is 11.8. The van der Waals surface area contributed by atoms with E-state index in [4.69, 9.17) is 4.42 Å². The highest BCUT2D eigenvalue weighted by Gasteiger charge is 2.11. The van der Waals surface area contributed by atoms with Crippen molar-refractivity contribution in [1.82, 2.24) is 0 Å². The Morgan fingerprint density at radius 2 is 2.16 bits per heavy atom. The number of para-hydroxylation sites is 1. The van der Waals surface area contributed by atoms with Crippen LogP contribution in [0.2, 0.25) is 0 Å². The summed E-state index contributed by atoms with van der Waals surface area (Å²) in [5.74, 6) is 0.380. The lowest BCUT2D eigenvalue weighted by molar-refractivity contribution is 0.466. The average molecular weight is 259 g/mol. The van der Waals surface area contributed by atoms with Crippen LogP contribution in [-0.2, 0) is 0 Å². The summed E-state index contributed by atoms with van der Waals surface area (Å²) in [5.41, 5.74) is -0.0739. The molecule has 0 spiro atoms. The van der Waals surface area contributed by atoms with Gasteiger partial charge in [-0.15, -0.1) is 0 Å². The van der Waals surface area contributed by atoms with Crippen LogP contribution in [0.25, 0.3) is 11.0 Å². The Kier molecular flexibility index (Phi) is 4.00. The topological polar surface area (TPSA) is 62.8 Å². The number of aliphatic imine (C=N–C) groups is 1. The van der Waals surface area contributed by atoms with Gasteiger partial charge in [-0.3, -0.25) is 4.99 Å². The molecule has 4 nitrogen and oxygen atoms in total. The lowest BCUT2D eigenvalue weighted by Crippen LogP contribution is -2.08. The van der Waals surface area contributed by atoms with E-state index in [0.29, 0.717) is 23.4 Å². The second-order valence-electron chi connectivity index (χ2n) is 4.66. The fraction of sp³-hybridized carbons (Fsp3) is 0.333. The Bertz CT molecular complexity index is 658. The first-order valence-electron chi connectivity index (χ1n) is 6.38. The number of hydrogen-bond donors (Lipinski definition) is 1. The highest BCUT2D eigenvalue weighted by molar-refractivity contribution is 5.93. The van der Waals surface area contributed by atoms with Crippen molar-refractivity contribution < 1.29 is 9.52 Å². The van der Waals surface area contributed by atoms with Crippen molar-refractivity contribution in [3.63, 3.8) is 0 Å². The molecule has 0 radical (unpaired) electrons. The van der Waals surface area contributed by atoms with Crippen LogP contribution in [0.1, 0.15) is 25.8 Å². The molecule has 1 atom stereocenters. The van der Waals surface area contributed by atoms with E-state index in [1.54, 1.807) is 24.3 Å². The molecule has 4 heteroatoms. The summed E-state index contributed by atoms with van der Waals surface area (Å²) in [4.78, 5) is 16.0. The molecule has 19 heavy (non-hydrogen) atoms. The summed E-state index contributed by atoms with van der Waals surface area (Å²) in [6, 6.07) is 6.89. The number of aromatic hydroxyl groups is 1. The van der Waals surface area contributed by atoms with Crippen molar-refractivity contribution in [3.8, 4) is 5.75 Å². The molecule has 1 aromatic carbocycles. The standard InChI is InChI=1S/C15H17NO3/c1-3-10(2)8-16-9-12-14(17)11-6-4-5-7-13(11)19-15(12)18/h4-7,9-10,17H,3,8H2,1-2H3. The molecule has 1 aromatic heterocycles. The minimum Gasteiger partial charge on any atom is -0.506 e. The molecule has 1 heterocycles. The molecule has 1 unspecified atom stereocenters. The fourth-order valence-corrected chi connectivity index (χ4v) is 1.71. The second-order valence-corrected chi connectivity index (χ2v) is 4.66. The fourth-order valence-electron chi connectivity index (χ4n) is 1.71. The SMILES string of the molecule is CCC(C)CN=Cc1c(O)c2ccccc2oc1=O. The number of nitrogens with zero attached hydrogens (tertiary/aromatic N) is 1. The van der Waals surface area contributed by atoms with Gasteiger partial charge in [0.25, 0.3) is 0 Å². The van der Waals surface area contributed by atoms with Crippen LogP contribution in [0.3, 0.4) is 0 Å². The molecule has 0 fully saturated rings. The van der Waals surface area contributed by atoms with Gasteiger partial charge < -0.3 is 9.52 Å². The summed E-state index contributed by atoms with van der Waals surface area (Å²) in [6.07, 6.45) is 2.43. The van der Waals surface area contributed by atoms with E-state index in [9.17, 15) is 9.90 Å². The highest BCUT2D eigenvalue weighted by atomic mass is 16.4. The van der Waals surface area contributed by atoms with Gasteiger partial charge in [-0.1, -0.05) is 32.4 Å². The number of fused-ring (bicyclic) bond motifs is 1. The van der Waals surface area contributed by atoms with Gasteiger partial charge in [0.15, 0.2) is 0 Å². The summed E-state index contributed by atoms with van der Waals surface area (Å²) in [5, 5.41) is 10.6. The third kappa shape index (κ3) is 2.84. The molecule has 0 amide bonds. The summed E-state index contributed by atoms with van der Waals surface area (Å²) < 4.78 is 5.15. The van der Waals surface area contributed by atoms with Crippen molar-refractivity contribution in [2.45, 2.75) is 20.3 Å². The van der Waals surface area contributed by atoms with E-state index in [2.05, 4.69) is 18.8 Å². The summed E-state index contributed by atoms with van der Waals surface area (Å²) >= 11 is 0. The van der Waals surface area contributed by atoms with Gasteiger partial charge in [-0.25, -0.2) is 4.79 Å². The van der Waals surface area contributed by atoms with E-state index in [-0.39, 0.29) is 11.3 Å². The van der Waals surface area contributed by atoms with Gasteiger partial charge in [-0.05, 0) is 18.1 Å². The molecular weight excluding hydrogens is 242 g/mol. The van der Waals surface area contributed by atoms with Gasteiger partial charge in [0.1, 0.15) is 16.9 Å². The van der Waals surface area contributed by atoms with Gasteiger partial charge in [-0.2, -0.15) is 0 Å². The molecule has 0 saturated carbocycles. The lowest BCUT2D eigenvalue weighted by Gasteiger charge is -2.04. The number of hydrogen-bond acceptors (Lipinski definition) is 4. The Morgan fingerprint density at radius 1 is 1.42 bits per heavy atom. The van der Waals surface area contributed by atoms with Crippen LogP contribution in [0.5, 0.6) is 5.75 Å². The summed E-state index contributed by atoms with van der Waals surface area (Å²) in [7, 11) is 0. The van der Waals surface area contributed by atoms with Crippen LogP contribution < -0.4 is 5.63 Å². The van der Waals surface area contributed by atoms with E-state index in [0.717, 1.165) is 6.42 Å². The first-order chi connectivity index (χ1) is 9.13. The molecule has 2 aromatic rings. The first-order valence-corrected chi connectivity index (χ1v) is 6.38. The first kappa shape index (κ1) is 13.3. The smallest absolute Gasteiger partial charge is 0.348 e. The van der Waals surface area contributed by atoms with Crippen molar-refractivity contribution in [2.24, 2.45) is 10.9 Å². The van der Waals surface area contributed by atoms with Crippen molar-refractivity contribution in [3.05, 3.63) is 40.2 Å². The minimum absolute atomic E-state index is 0.0697. The van der Waals surface area contributed by atoms with Gasteiger partial charge in [0, 0.05) is 12.8 Å². The molecule has 0 aliphatic heterocycles. The molecule has 1 N–H and O–H groups in total. The van der Waals surface area contributed by atoms with Crippen LogP contribution >= 0.6 is 0 Å². The number of rotatable bonds is 4. The maximum absolute atomic E-state index is 11.8. The molecule has 100 valence electrons. The predicted octanol–water partition coefficient (Wildman–Crippen LogP) is 2.96. The molecular formula is C15H17NO3. The van der Waals surface area contributed by atoms with Gasteiger partial charge in [0.05, 0.1) is 5.39 Å². The lowest BCUT2D eigenvalue weighted by atomic mass is 10.1. The van der Waals surface area contributed by atoms with E-state index in [1.807, 2.05) is 0 Å². The van der Waals surface area contributed by atoms with E-state index >= 15 is 0 Å². The Morgan fingerprint density at radius 3 is 2.89 bits per heavy atom. The quantitative estimate of drug-likeness (QED) is 0.678. The summed E-state index contributed by atoms with van der Waals surface area (Å²) in [6.45, 7) is 4.80. The predicted molar refractivity (Wildman–Crippen MR) is 76.1 cm³/mol. The zero-order valence-electron chi connectivity index (χ0n) is 11.1. The second kappa shape index (κ2) is 5.69. The largest absolute Gasteiger partial charge is 0.506 e. The zero-order chi connectivity index (χ0) is 13.8. The minimum atomic E-state index is -0.566. The Balaban J connectivity index is 2.41. The van der Waals surface area contributed by atoms with Crippen LogP contribution in [0, 0.1) is 5.92 Å². The van der Waals surface area contributed by atoms with Crippen molar-refractivity contribution in [1.29, 1.82) is 0 Å². The Labute approximate surface area is 111 Å². The Hall–Kier alpha value is -2.10. The molecule has 0 bridgehead atoms. The van der Waals surface area contributed by atoms with Crippen LogP contribution in [-0.4, -0.2) is 17.9 Å². The van der Waals surface area contributed by atoms with Gasteiger partial charge >= 0.3 is 5.63 Å². The third-order valence-electron chi connectivity index (χ3n) is 3.15. The molecule has 2 rings (SSSR count). The highest BCUT2D eigenvalue weighted by Crippen LogP contribution is 2.24. The molecule has 0 aliphatic carbocycles. The van der Waals surface area contributed by atoms with Crippen molar-refractivity contribution in [2.75, 3.05) is 6.54 Å². The zero-order valence-corrected chi connectivity index (χ0v) is 11.1. The normalized spacial score (nSPS) is 13.2. The average Bonchev–Trinajstić information content (AvgIpc) is 2.42. The van der Waals surface area contributed by atoms with Crippen LogP contribution in [0.15, 0.2) is 38.5 Å². The van der Waals surface area contributed by atoms with Crippen molar-refractivity contribution >= 4 is 17.2 Å². The number of benzene rings is 1. The van der Waals surface area contributed by atoms with E-state index in [1.165, 1.54) is 6.21 Å². The molecule has 0 aliphatic rings.